The third-order valence-corrected chi connectivity index (χ3v) is 4.19. The summed E-state index contributed by atoms with van der Waals surface area (Å²) in [4.78, 5) is 9.82. The van der Waals surface area contributed by atoms with Crippen LogP contribution in [0.25, 0.3) is 0 Å². The Bertz CT molecular complexity index is 513. The molecule has 0 bridgehead atoms. The molecule has 1 rings (SSSR count). The first-order valence-corrected chi connectivity index (χ1v) is 6.55. The van der Waals surface area contributed by atoms with Crippen LogP contribution in [0.5, 0.6) is 0 Å². The third-order valence-electron chi connectivity index (χ3n) is 2.29. The molecule has 0 aromatic heterocycles. The topological polar surface area (TPSA) is 80.5 Å². The third kappa shape index (κ3) is 2.80. The largest absolute Gasteiger partial charge is 0.289 e. The van der Waals surface area contributed by atoms with Gasteiger partial charge < -0.3 is 0 Å². The Morgan fingerprint density at radius 1 is 1.35 bits per heavy atom. The van der Waals surface area contributed by atoms with Gasteiger partial charge in [0.25, 0.3) is 5.69 Å². The molecule has 0 aliphatic carbocycles. The molecule has 0 aliphatic rings. The number of nitro groups is 1. The monoisotopic (exact) mass is 258 g/mol. The van der Waals surface area contributed by atoms with Gasteiger partial charge in [0, 0.05) is 19.7 Å². The van der Waals surface area contributed by atoms with Crippen molar-refractivity contribution >= 4 is 15.7 Å². The molecule has 0 spiro atoms. The highest BCUT2D eigenvalue weighted by Gasteiger charge is 2.28. The zero-order valence-electron chi connectivity index (χ0n) is 9.66. The minimum Gasteiger partial charge on any atom is -0.258 e. The number of nitrogens with zero attached hydrogens (tertiary/aromatic N) is 2. The van der Waals surface area contributed by atoms with Crippen LogP contribution >= 0.6 is 0 Å². The van der Waals surface area contributed by atoms with E-state index in [4.69, 9.17) is 0 Å². The van der Waals surface area contributed by atoms with E-state index in [0.717, 1.165) is 4.31 Å². The van der Waals surface area contributed by atoms with Crippen molar-refractivity contribution in [2.24, 2.45) is 0 Å². The molecule has 0 saturated heterocycles. The van der Waals surface area contributed by atoms with Crippen LogP contribution in [0.2, 0.25) is 0 Å². The number of benzene rings is 1. The van der Waals surface area contributed by atoms with Gasteiger partial charge >= 0.3 is 0 Å². The van der Waals surface area contributed by atoms with Crippen molar-refractivity contribution in [3.05, 3.63) is 34.4 Å². The molecule has 17 heavy (non-hydrogen) atoms. The van der Waals surface area contributed by atoms with Gasteiger partial charge in [-0.15, -0.1) is 0 Å². The zero-order valence-corrected chi connectivity index (χ0v) is 10.5. The average molecular weight is 258 g/mol. The van der Waals surface area contributed by atoms with Gasteiger partial charge in [0.2, 0.25) is 10.0 Å². The van der Waals surface area contributed by atoms with Gasteiger partial charge in [0.15, 0.2) is 4.90 Å². The van der Waals surface area contributed by atoms with Gasteiger partial charge in [0.1, 0.15) is 0 Å². The standard InChI is InChI=1S/C10H14N2O4S/c1-3-8-11(2)17(15,16)10-7-5-4-6-9(10)12(13)14/h4-7H,3,8H2,1-2H3. The van der Waals surface area contributed by atoms with Gasteiger partial charge in [-0.1, -0.05) is 19.1 Å². The van der Waals surface area contributed by atoms with Crippen molar-refractivity contribution < 1.29 is 13.3 Å². The predicted octanol–water partition coefficient (Wildman–Crippen LogP) is 1.63. The highest BCUT2D eigenvalue weighted by atomic mass is 32.2. The van der Waals surface area contributed by atoms with Crippen molar-refractivity contribution in [3.63, 3.8) is 0 Å². The molecule has 0 N–H and O–H groups in total. The number of hydrogen-bond donors (Lipinski definition) is 0. The van der Waals surface area contributed by atoms with E-state index < -0.39 is 20.6 Å². The van der Waals surface area contributed by atoms with E-state index in [1.54, 1.807) is 0 Å². The Morgan fingerprint density at radius 2 is 1.94 bits per heavy atom. The predicted molar refractivity (Wildman–Crippen MR) is 63.2 cm³/mol. The van der Waals surface area contributed by atoms with Crippen LogP contribution in [0.1, 0.15) is 13.3 Å². The fourth-order valence-corrected chi connectivity index (χ4v) is 2.85. The highest BCUT2D eigenvalue weighted by Crippen LogP contribution is 2.25. The Hall–Kier alpha value is -1.47. The van der Waals surface area contributed by atoms with Crippen LogP contribution in [0, 0.1) is 10.1 Å². The highest BCUT2D eigenvalue weighted by molar-refractivity contribution is 7.89. The van der Waals surface area contributed by atoms with Crippen molar-refractivity contribution in [1.82, 2.24) is 4.31 Å². The van der Waals surface area contributed by atoms with Crippen LogP contribution in [-0.4, -0.2) is 31.2 Å². The minimum absolute atomic E-state index is 0.263. The van der Waals surface area contributed by atoms with E-state index in [9.17, 15) is 18.5 Å². The fraction of sp³-hybridized carbons (Fsp3) is 0.400. The van der Waals surface area contributed by atoms with Crippen molar-refractivity contribution in [2.45, 2.75) is 18.2 Å². The molecule has 6 nitrogen and oxygen atoms in total. The molecule has 0 amide bonds. The lowest BCUT2D eigenvalue weighted by Crippen LogP contribution is -2.28. The van der Waals surface area contributed by atoms with Gasteiger partial charge in [-0.05, 0) is 12.5 Å². The van der Waals surface area contributed by atoms with Gasteiger partial charge in [-0.25, -0.2) is 12.7 Å². The summed E-state index contributed by atoms with van der Waals surface area (Å²) in [7, 11) is -2.37. The molecule has 0 fully saturated rings. The van der Waals surface area contributed by atoms with E-state index in [0.29, 0.717) is 13.0 Å². The molecule has 0 aliphatic heterocycles. The summed E-state index contributed by atoms with van der Waals surface area (Å²) in [6, 6.07) is 5.35. The summed E-state index contributed by atoms with van der Waals surface area (Å²) in [5, 5.41) is 10.8. The normalized spacial score (nSPS) is 11.7. The summed E-state index contributed by atoms with van der Waals surface area (Å²) in [6.07, 6.45) is 0.649. The van der Waals surface area contributed by atoms with E-state index >= 15 is 0 Å². The maximum atomic E-state index is 12.1. The molecule has 1 aromatic rings. The first-order valence-electron chi connectivity index (χ1n) is 5.11. The fourth-order valence-electron chi connectivity index (χ4n) is 1.43. The molecule has 0 saturated carbocycles. The van der Waals surface area contributed by atoms with E-state index in [-0.39, 0.29) is 4.90 Å². The molecule has 7 heteroatoms. The van der Waals surface area contributed by atoms with E-state index in [2.05, 4.69) is 0 Å². The molecular formula is C10H14N2O4S. The molecule has 0 atom stereocenters. The summed E-state index contributed by atoms with van der Waals surface area (Å²) in [5.74, 6) is 0. The second-order valence-electron chi connectivity index (χ2n) is 3.55. The first-order chi connectivity index (χ1) is 7.91. The molecule has 1 aromatic carbocycles. The Labute approximate surface area is 100 Å². The SMILES string of the molecule is CCCN(C)S(=O)(=O)c1ccccc1[N+](=O)[O-]. The first kappa shape index (κ1) is 13.6. The summed E-state index contributed by atoms with van der Waals surface area (Å²) < 4.78 is 25.3. The van der Waals surface area contributed by atoms with E-state index in [1.807, 2.05) is 6.92 Å². The van der Waals surface area contributed by atoms with Crippen molar-refractivity contribution in [1.29, 1.82) is 0 Å². The molecule has 0 heterocycles. The quantitative estimate of drug-likeness (QED) is 0.593. The smallest absolute Gasteiger partial charge is 0.258 e. The van der Waals surface area contributed by atoms with Gasteiger partial charge in [0.05, 0.1) is 4.92 Å². The van der Waals surface area contributed by atoms with Gasteiger partial charge in [-0.2, -0.15) is 0 Å². The molecular weight excluding hydrogens is 244 g/mol. The molecule has 0 radical (unpaired) electrons. The summed E-state index contributed by atoms with van der Waals surface area (Å²) >= 11 is 0. The van der Waals surface area contributed by atoms with Crippen molar-refractivity contribution in [3.8, 4) is 0 Å². The maximum Gasteiger partial charge on any atom is 0.289 e. The number of sulfonamides is 1. The average Bonchev–Trinajstić information content (AvgIpc) is 2.29. The van der Waals surface area contributed by atoms with Crippen LogP contribution in [0.3, 0.4) is 0 Å². The second-order valence-corrected chi connectivity index (χ2v) is 5.56. The number of nitro benzene ring substituents is 1. The number of rotatable bonds is 5. The van der Waals surface area contributed by atoms with E-state index in [1.165, 1.54) is 31.3 Å². The summed E-state index contributed by atoms with van der Waals surface area (Å²) in [5.41, 5.74) is -0.393. The Kier molecular flexibility index (Phi) is 4.19. The minimum atomic E-state index is -3.79. The van der Waals surface area contributed by atoms with Crippen LogP contribution in [0.4, 0.5) is 5.69 Å². The van der Waals surface area contributed by atoms with Crippen LogP contribution in [-0.2, 0) is 10.0 Å². The number of hydrogen-bond acceptors (Lipinski definition) is 4. The Morgan fingerprint density at radius 3 is 2.47 bits per heavy atom. The lowest BCUT2D eigenvalue weighted by molar-refractivity contribution is -0.387. The van der Waals surface area contributed by atoms with Crippen LogP contribution < -0.4 is 0 Å². The maximum absolute atomic E-state index is 12.1. The van der Waals surface area contributed by atoms with Crippen molar-refractivity contribution in [2.75, 3.05) is 13.6 Å². The molecule has 94 valence electrons. The summed E-state index contributed by atoms with van der Waals surface area (Å²) in [6.45, 7) is 2.17. The lowest BCUT2D eigenvalue weighted by Gasteiger charge is -2.15. The second kappa shape index (κ2) is 5.24. The number of para-hydroxylation sites is 1. The van der Waals surface area contributed by atoms with Gasteiger partial charge in [-0.3, -0.25) is 10.1 Å². The lowest BCUT2D eigenvalue weighted by atomic mass is 10.3. The Balaban J connectivity index is 3.29. The van der Waals surface area contributed by atoms with Crippen LogP contribution in [0.15, 0.2) is 29.2 Å². The zero-order chi connectivity index (χ0) is 13.1. The molecule has 0 unspecified atom stereocenters.